The predicted octanol–water partition coefficient (Wildman–Crippen LogP) is 1.23. The molecule has 1 heterocycles. The Morgan fingerprint density at radius 2 is 2.00 bits per heavy atom. The molecule has 0 saturated heterocycles. The van der Waals surface area contributed by atoms with Crippen molar-refractivity contribution < 1.29 is 14.7 Å². The Labute approximate surface area is 118 Å². The Bertz CT molecular complexity index is 487. The lowest BCUT2D eigenvalue weighted by atomic mass is 9.96. The van der Waals surface area contributed by atoms with Gasteiger partial charge in [-0.2, -0.15) is 0 Å². The van der Waals surface area contributed by atoms with Gasteiger partial charge in [-0.25, -0.2) is 4.79 Å². The van der Waals surface area contributed by atoms with Gasteiger partial charge in [0.2, 0.25) is 0 Å². The smallest absolute Gasteiger partial charge is 0.329 e. The van der Waals surface area contributed by atoms with Crippen LogP contribution in [-0.4, -0.2) is 51.7 Å². The van der Waals surface area contributed by atoms with E-state index < -0.39 is 11.5 Å². The summed E-state index contributed by atoms with van der Waals surface area (Å²) in [4.78, 5) is 24.4. The van der Waals surface area contributed by atoms with Crippen molar-refractivity contribution in [2.45, 2.75) is 32.2 Å². The van der Waals surface area contributed by atoms with Crippen LogP contribution in [0.5, 0.6) is 0 Å². The van der Waals surface area contributed by atoms with E-state index in [-0.39, 0.29) is 11.6 Å². The molecule has 0 aliphatic heterocycles. The van der Waals surface area contributed by atoms with Crippen molar-refractivity contribution in [3.8, 4) is 0 Å². The maximum absolute atomic E-state index is 11.7. The van der Waals surface area contributed by atoms with Gasteiger partial charge >= 0.3 is 5.97 Å². The molecule has 0 radical (unpaired) electrons. The summed E-state index contributed by atoms with van der Waals surface area (Å²) >= 11 is 0. The van der Waals surface area contributed by atoms with Gasteiger partial charge in [-0.3, -0.25) is 4.79 Å². The zero-order valence-corrected chi connectivity index (χ0v) is 12.2. The molecule has 20 heavy (non-hydrogen) atoms. The molecule has 1 amide bonds. The minimum Gasteiger partial charge on any atom is -0.480 e. The van der Waals surface area contributed by atoms with Crippen LogP contribution in [0.1, 0.15) is 37.2 Å². The molecular weight excluding hydrogens is 260 g/mol. The summed E-state index contributed by atoms with van der Waals surface area (Å²) in [5.41, 5.74) is -0.885. The molecule has 1 aromatic rings. The van der Waals surface area contributed by atoms with Crippen molar-refractivity contribution in [1.82, 2.24) is 15.1 Å². The zero-order chi connectivity index (χ0) is 15.3. The van der Waals surface area contributed by atoms with E-state index in [1.165, 1.54) is 11.0 Å². The van der Waals surface area contributed by atoms with Crippen molar-refractivity contribution >= 4 is 17.7 Å². The van der Waals surface area contributed by atoms with Crippen molar-refractivity contribution in [3.05, 3.63) is 17.8 Å². The van der Waals surface area contributed by atoms with Crippen LogP contribution >= 0.6 is 0 Å². The topological polar surface area (TPSA) is 95.4 Å². The van der Waals surface area contributed by atoms with E-state index in [1.54, 1.807) is 27.1 Å². The summed E-state index contributed by atoms with van der Waals surface area (Å²) in [6.45, 7) is 3.51. The molecule has 0 aliphatic carbocycles. The molecule has 0 bridgehead atoms. The monoisotopic (exact) mass is 280 g/mol. The Morgan fingerprint density at radius 3 is 2.40 bits per heavy atom. The quantitative estimate of drug-likeness (QED) is 0.813. The lowest BCUT2D eigenvalue weighted by Gasteiger charge is -2.26. The highest BCUT2D eigenvalue weighted by Gasteiger charge is 2.32. The largest absolute Gasteiger partial charge is 0.480 e. The molecule has 2 N–H and O–H groups in total. The number of carboxylic acids is 1. The average Bonchev–Trinajstić information content (AvgIpc) is 2.38. The second-order valence-corrected chi connectivity index (χ2v) is 5.02. The summed E-state index contributed by atoms with van der Waals surface area (Å²) in [6, 6.07) is 3.08. The normalized spacial score (nSPS) is 13.4. The van der Waals surface area contributed by atoms with E-state index in [1.807, 2.05) is 6.92 Å². The Morgan fingerprint density at radius 1 is 1.35 bits per heavy atom. The lowest BCUT2D eigenvalue weighted by Crippen LogP contribution is -2.43. The molecule has 1 aromatic heterocycles. The molecule has 0 aromatic carbocycles. The number of nitrogens with zero attached hydrogens (tertiary/aromatic N) is 3. The van der Waals surface area contributed by atoms with E-state index in [4.69, 9.17) is 0 Å². The first-order chi connectivity index (χ1) is 9.30. The van der Waals surface area contributed by atoms with E-state index in [0.717, 1.165) is 6.42 Å². The fraction of sp³-hybridized carbons (Fsp3) is 0.538. The Kier molecular flexibility index (Phi) is 5.01. The van der Waals surface area contributed by atoms with Gasteiger partial charge in [0.15, 0.2) is 5.69 Å². The summed E-state index contributed by atoms with van der Waals surface area (Å²) in [6.07, 6.45) is 1.18. The highest BCUT2D eigenvalue weighted by Crippen LogP contribution is 2.18. The van der Waals surface area contributed by atoms with Gasteiger partial charge in [0.05, 0.1) is 0 Å². The fourth-order valence-electron chi connectivity index (χ4n) is 1.75. The maximum atomic E-state index is 11.7. The van der Waals surface area contributed by atoms with E-state index in [0.29, 0.717) is 12.2 Å². The SMILES string of the molecule is CCCC(C)(Nc1ccc(C(=O)N(C)C)nn1)C(=O)O. The highest BCUT2D eigenvalue weighted by atomic mass is 16.4. The number of aliphatic carboxylic acids is 1. The number of carbonyl (C=O) groups excluding carboxylic acids is 1. The summed E-state index contributed by atoms with van der Waals surface area (Å²) in [7, 11) is 3.25. The summed E-state index contributed by atoms with van der Waals surface area (Å²) in [5.74, 6) is -0.869. The Balaban J connectivity index is 2.89. The fourth-order valence-corrected chi connectivity index (χ4v) is 1.75. The third kappa shape index (κ3) is 3.66. The van der Waals surface area contributed by atoms with Crippen LogP contribution in [0.15, 0.2) is 12.1 Å². The number of nitrogens with one attached hydrogen (secondary N) is 1. The highest BCUT2D eigenvalue weighted by molar-refractivity contribution is 5.91. The number of hydrogen-bond acceptors (Lipinski definition) is 5. The zero-order valence-electron chi connectivity index (χ0n) is 12.2. The molecule has 0 spiro atoms. The van der Waals surface area contributed by atoms with Crippen LogP contribution in [0, 0.1) is 0 Å². The number of amides is 1. The van der Waals surface area contributed by atoms with Crippen molar-refractivity contribution in [2.75, 3.05) is 19.4 Å². The van der Waals surface area contributed by atoms with Crippen LogP contribution in [0.25, 0.3) is 0 Å². The van der Waals surface area contributed by atoms with Gasteiger partial charge in [-0.05, 0) is 25.5 Å². The standard InChI is InChI=1S/C13H20N4O3/c1-5-8-13(2,12(19)20)14-10-7-6-9(15-16-10)11(18)17(3)4/h6-7H,5,8H2,1-4H3,(H,14,16)(H,19,20). The van der Waals surface area contributed by atoms with Crippen molar-refractivity contribution in [2.24, 2.45) is 0 Å². The molecular formula is C13H20N4O3. The minimum absolute atomic E-state index is 0.216. The van der Waals surface area contributed by atoms with Gasteiger partial charge < -0.3 is 15.3 Å². The van der Waals surface area contributed by atoms with Crippen LogP contribution in [-0.2, 0) is 4.79 Å². The molecule has 0 aliphatic rings. The molecule has 1 atom stereocenters. The van der Waals surface area contributed by atoms with Gasteiger partial charge in [0, 0.05) is 14.1 Å². The molecule has 0 saturated carbocycles. The third-order valence-electron chi connectivity index (χ3n) is 2.92. The third-order valence-corrected chi connectivity index (χ3v) is 2.92. The van der Waals surface area contributed by atoms with E-state index >= 15 is 0 Å². The van der Waals surface area contributed by atoms with E-state index in [9.17, 15) is 14.7 Å². The van der Waals surface area contributed by atoms with Crippen LogP contribution in [0.3, 0.4) is 0 Å². The maximum Gasteiger partial charge on any atom is 0.329 e. The number of carboxylic acid groups (broad SMARTS) is 1. The molecule has 7 nitrogen and oxygen atoms in total. The summed E-state index contributed by atoms with van der Waals surface area (Å²) in [5, 5.41) is 19.8. The first-order valence-electron chi connectivity index (χ1n) is 6.37. The Hall–Kier alpha value is -2.18. The average molecular weight is 280 g/mol. The molecule has 110 valence electrons. The van der Waals surface area contributed by atoms with Crippen LogP contribution in [0.4, 0.5) is 5.82 Å². The van der Waals surface area contributed by atoms with Crippen LogP contribution in [0.2, 0.25) is 0 Å². The molecule has 7 heteroatoms. The van der Waals surface area contributed by atoms with Crippen molar-refractivity contribution in [3.63, 3.8) is 0 Å². The molecule has 0 fully saturated rings. The first-order valence-corrected chi connectivity index (χ1v) is 6.37. The van der Waals surface area contributed by atoms with E-state index in [2.05, 4.69) is 15.5 Å². The second kappa shape index (κ2) is 6.31. The molecule has 1 rings (SSSR count). The minimum atomic E-state index is -1.10. The van der Waals surface area contributed by atoms with Gasteiger partial charge in [-0.1, -0.05) is 13.3 Å². The lowest BCUT2D eigenvalue weighted by molar-refractivity contribution is -0.142. The van der Waals surface area contributed by atoms with Gasteiger partial charge in [-0.15, -0.1) is 10.2 Å². The van der Waals surface area contributed by atoms with Gasteiger partial charge in [0.1, 0.15) is 11.4 Å². The number of hydrogen-bond donors (Lipinski definition) is 2. The number of aromatic nitrogens is 2. The number of carbonyl (C=O) groups is 2. The number of rotatable bonds is 6. The van der Waals surface area contributed by atoms with Crippen molar-refractivity contribution in [1.29, 1.82) is 0 Å². The number of anilines is 1. The molecule has 1 unspecified atom stereocenters. The second-order valence-electron chi connectivity index (χ2n) is 5.02. The van der Waals surface area contributed by atoms with Crippen LogP contribution < -0.4 is 5.32 Å². The summed E-state index contributed by atoms with van der Waals surface area (Å²) < 4.78 is 0. The van der Waals surface area contributed by atoms with Gasteiger partial charge in [0.25, 0.3) is 5.91 Å². The first kappa shape index (κ1) is 15.9. The predicted molar refractivity (Wildman–Crippen MR) is 74.6 cm³/mol.